The van der Waals surface area contributed by atoms with Crippen LogP contribution < -0.4 is 15.8 Å². The number of carbonyl (C=O) groups is 2. The number of benzene rings is 3. The van der Waals surface area contributed by atoms with Gasteiger partial charge in [-0.15, -0.1) is 0 Å². The second kappa shape index (κ2) is 8.68. The van der Waals surface area contributed by atoms with Gasteiger partial charge in [0.05, 0.1) is 29.1 Å². The largest absolute Gasteiger partial charge is 0.497 e. The van der Waals surface area contributed by atoms with E-state index < -0.39 is 5.91 Å². The zero-order valence-corrected chi connectivity index (χ0v) is 19.1. The zero-order chi connectivity index (χ0) is 23.8. The number of aromatic nitrogens is 2. The van der Waals surface area contributed by atoms with Crippen LogP contribution in [-0.2, 0) is 12.8 Å². The molecule has 1 aliphatic rings. The highest BCUT2D eigenvalue weighted by Crippen LogP contribution is 2.38. The minimum atomic E-state index is -0.579. The highest BCUT2D eigenvalue weighted by molar-refractivity contribution is 6.34. The molecule has 3 N–H and O–H groups in total. The summed E-state index contributed by atoms with van der Waals surface area (Å²) in [6, 6.07) is 20.0. The number of anilines is 1. The number of nitrogens with one attached hydrogen (secondary N) is 1. The highest BCUT2D eigenvalue weighted by atomic mass is 35.5. The van der Waals surface area contributed by atoms with E-state index in [0.29, 0.717) is 28.4 Å². The van der Waals surface area contributed by atoms with Crippen LogP contribution in [0.1, 0.15) is 32.0 Å². The van der Waals surface area contributed by atoms with Crippen molar-refractivity contribution in [3.63, 3.8) is 0 Å². The van der Waals surface area contributed by atoms with E-state index in [1.54, 1.807) is 36.1 Å². The summed E-state index contributed by atoms with van der Waals surface area (Å²) < 4.78 is 7.09. The predicted octanol–water partition coefficient (Wildman–Crippen LogP) is 4.65. The van der Waals surface area contributed by atoms with Crippen LogP contribution in [0.4, 0.5) is 5.69 Å². The molecule has 0 atom stereocenters. The van der Waals surface area contributed by atoms with Gasteiger partial charge in [-0.2, -0.15) is 5.10 Å². The van der Waals surface area contributed by atoms with Crippen LogP contribution in [0.15, 0.2) is 66.7 Å². The molecule has 34 heavy (non-hydrogen) atoms. The Morgan fingerprint density at radius 2 is 1.88 bits per heavy atom. The number of rotatable bonds is 5. The Labute approximate surface area is 201 Å². The van der Waals surface area contributed by atoms with Crippen LogP contribution in [0.3, 0.4) is 0 Å². The summed E-state index contributed by atoms with van der Waals surface area (Å²) in [7, 11) is 1.59. The fourth-order valence-corrected chi connectivity index (χ4v) is 4.51. The van der Waals surface area contributed by atoms with Gasteiger partial charge in [-0.1, -0.05) is 35.9 Å². The molecule has 7 nitrogen and oxygen atoms in total. The molecule has 0 aliphatic heterocycles. The number of primary amides is 1. The molecular formula is C26H21ClN4O3. The third-order valence-electron chi connectivity index (χ3n) is 5.90. The Kier molecular flexibility index (Phi) is 5.55. The number of amides is 2. The maximum atomic E-state index is 12.8. The summed E-state index contributed by atoms with van der Waals surface area (Å²) in [5.74, 6) is -0.218. The maximum absolute atomic E-state index is 12.8. The zero-order valence-electron chi connectivity index (χ0n) is 18.3. The molecule has 1 aliphatic carbocycles. The van der Waals surface area contributed by atoms with E-state index in [2.05, 4.69) is 10.4 Å². The highest BCUT2D eigenvalue weighted by Gasteiger charge is 2.28. The molecule has 4 aromatic rings. The van der Waals surface area contributed by atoms with Crippen LogP contribution in [0.5, 0.6) is 5.75 Å². The number of carbonyl (C=O) groups excluding carboxylic acids is 2. The molecule has 0 bridgehead atoms. The topological polar surface area (TPSA) is 99.2 Å². The van der Waals surface area contributed by atoms with Crippen molar-refractivity contribution in [1.82, 2.24) is 9.78 Å². The average Bonchev–Trinajstić information content (AvgIpc) is 3.25. The second-order valence-corrected chi connectivity index (χ2v) is 8.37. The molecular weight excluding hydrogens is 452 g/mol. The van der Waals surface area contributed by atoms with Gasteiger partial charge in [0.25, 0.3) is 11.8 Å². The number of nitrogens with two attached hydrogens (primary N) is 1. The number of halogens is 1. The van der Waals surface area contributed by atoms with E-state index in [0.717, 1.165) is 34.5 Å². The van der Waals surface area contributed by atoms with Gasteiger partial charge in [0, 0.05) is 22.9 Å². The molecule has 2 amide bonds. The minimum Gasteiger partial charge on any atom is -0.497 e. The van der Waals surface area contributed by atoms with E-state index in [1.165, 1.54) is 0 Å². The quantitative estimate of drug-likeness (QED) is 0.441. The summed E-state index contributed by atoms with van der Waals surface area (Å²) in [6.07, 6.45) is 1.36. The number of ether oxygens (including phenoxy) is 1. The molecule has 0 saturated heterocycles. The smallest absolute Gasteiger partial charge is 0.269 e. The number of aryl methyl sites for hydroxylation is 1. The number of hydrogen-bond donors (Lipinski definition) is 2. The van der Waals surface area contributed by atoms with Gasteiger partial charge in [-0.3, -0.25) is 9.59 Å². The fourth-order valence-electron chi connectivity index (χ4n) is 4.29. The summed E-state index contributed by atoms with van der Waals surface area (Å²) in [4.78, 5) is 25.0. The van der Waals surface area contributed by atoms with E-state index in [9.17, 15) is 9.59 Å². The van der Waals surface area contributed by atoms with Gasteiger partial charge >= 0.3 is 0 Å². The fraction of sp³-hybridized carbons (Fsp3) is 0.115. The van der Waals surface area contributed by atoms with Crippen LogP contribution >= 0.6 is 11.6 Å². The van der Waals surface area contributed by atoms with E-state index in [4.69, 9.17) is 22.1 Å². The standard InChI is InChI=1S/C26H21ClN4O3/c1-34-18-6-4-5-17(14-18)31-24-20(23(30-31)25(28)32)12-10-15-9-11-16(13-21(15)24)29-26(33)19-7-2-3-8-22(19)27/h2-9,11,13-14H,10,12H2,1H3,(H2,28,32)(H,29,33). The van der Waals surface area contributed by atoms with Crippen molar-refractivity contribution < 1.29 is 14.3 Å². The summed E-state index contributed by atoms with van der Waals surface area (Å²) >= 11 is 6.19. The first-order chi connectivity index (χ1) is 16.5. The second-order valence-electron chi connectivity index (χ2n) is 7.96. The Hall–Kier alpha value is -4.10. The van der Waals surface area contributed by atoms with Crippen LogP contribution in [-0.4, -0.2) is 28.7 Å². The van der Waals surface area contributed by atoms with Crippen molar-refractivity contribution in [3.05, 3.63) is 94.1 Å². The molecule has 1 aromatic heterocycles. The number of methoxy groups -OCH3 is 1. The Balaban J connectivity index is 1.62. The first kappa shape index (κ1) is 21.7. The summed E-state index contributed by atoms with van der Waals surface area (Å²) in [5, 5.41) is 7.87. The number of nitrogens with zero attached hydrogens (tertiary/aromatic N) is 2. The van der Waals surface area contributed by atoms with Crippen LogP contribution in [0.2, 0.25) is 5.02 Å². The van der Waals surface area contributed by atoms with Gasteiger partial charge in [0.15, 0.2) is 5.69 Å². The van der Waals surface area contributed by atoms with E-state index in [-0.39, 0.29) is 11.6 Å². The van der Waals surface area contributed by atoms with Gasteiger partial charge < -0.3 is 15.8 Å². The van der Waals surface area contributed by atoms with Gasteiger partial charge in [0.2, 0.25) is 0 Å². The Bertz CT molecular complexity index is 1440. The monoisotopic (exact) mass is 472 g/mol. The SMILES string of the molecule is COc1cccc(-n2nc(C(N)=O)c3c2-c2cc(NC(=O)c4ccccc4Cl)ccc2CC3)c1. The first-order valence-electron chi connectivity index (χ1n) is 10.7. The van der Waals surface area contributed by atoms with Gasteiger partial charge in [0.1, 0.15) is 5.75 Å². The first-order valence-corrected chi connectivity index (χ1v) is 11.1. The average molecular weight is 473 g/mol. The molecule has 0 unspecified atom stereocenters. The summed E-state index contributed by atoms with van der Waals surface area (Å²) in [6.45, 7) is 0. The van der Waals surface area contributed by atoms with Crippen molar-refractivity contribution in [2.45, 2.75) is 12.8 Å². The van der Waals surface area contributed by atoms with Gasteiger partial charge in [-0.25, -0.2) is 4.68 Å². The molecule has 5 rings (SSSR count). The third kappa shape index (κ3) is 3.80. The lowest BCUT2D eigenvalue weighted by molar-refractivity contribution is 0.0992. The minimum absolute atomic E-state index is 0.244. The molecule has 170 valence electrons. The lowest BCUT2D eigenvalue weighted by Crippen LogP contribution is -2.15. The van der Waals surface area contributed by atoms with Crippen molar-refractivity contribution >= 4 is 29.1 Å². The lowest BCUT2D eigenvalue weighted by Gasteiger charge is -2.20. The van der Waals surface area contributed by atoms with Crippen LogP contribution in [0.25, 0.3) is 16.9 Å². The van der Waals surface area contributed by atoms with Crippen molar-refractivity contribution in [3.8, 4) is 22.7 Å². The molecule has 0 spiro atoms. The predicted molar refractivity (Wildman–Crippen MR) is 131 cm³/mol. The molecule has 3 aromatic carbocycles. The van der Waals surface area contributed by atoms with Crippen molar-refractivity contribution in [2.24, 2.45) is 5.73 Å². The van der Waals surface area contributed by atoms with Crippen molar-refractivity contribution in [2.75, 3.05) is 12.4 Å². The number of fused-ring (bicyclic) bond motifs is 3. The number of hydrogen-bond acceptors (Lipinski definition) is 4. The maximum Gasteiger partial charge on any atom is 0.269 e. The van der Waals surface area contributed by atoms with Crippen LogP contribution in [0, 0.1) is 0 Å². The Morgan fingerprint density at radius 1 is 1.06 bits per heavy atom. The van der Waals surface area contributed by atoms with Crippen molar-refractivity contribution in [1.29, 1.82) is 0 Å². The molecule has 0 radical (unpaired) electrons. The molecule has 0 fully saturated rings. The van der Waals surface area contributed by atoms with Gasteiger partial charge in [-0.05, 0) is 54.8 Å². The lowest BCUT2D eigenvalue weighted by atomic mass is 9.88. The molecule has 8 heteroatoms. The summed E-state index contributed by atoms with van der Waals surface area (Å²) in [5.41, 5.74) is 11.2. The molecule has 0 saturated carbocycles. The Morgan fingerprint density at radius 3 is 2.65 bits per heavy atom. The normalized spacial score (nSPS) is 11.9. The molecule has 1 heterocycles. The third-order valence-corrected chi connectivity index (χ3v) is 6.23. The van der Waals surface area contributed by atoms with E-state index in [1.807, 2.05) is 42.5 Å². The van der Waals surface area contributed by atoms with E-state index >= 15 is 0 Å².